The minimum atomic E-state index is -1.19. The summed E-state index contributed by atoms with van der Waals surface area (Å²) in [6, 6.07) is 8.18. The fourth-order valence-corrected chi connectivity index (χ4v) is 8.45. The van der Waals surface area contributed by atoms with E-state index in [1.165, 1.54) is 20.0 Å². The van der Waals surface area contributed by atoms with Gasteiger partial charge in [-0.1, -0.05) is 6.42 Å². The maximum atomic E-state index is 14.4. The van der Waals surface area contributed by atoms with Gasteiger partial charge in [-0.25, -0.2) is 0 Å². The van der Waals surface area contributed by atoms with Crippen LogP contribution in [0.1, 0.15) is 49.7 Å². The summed E-state index contributed by atoms with van der Waals surface area (Å²) in [6.07, 6.45) is 4.92. The van der Waals surface area contributed by atoms with Crippen molar-refractivity contribution in [3.63, 3.8) is 0 Å². The van der Waals surface area contributed by atoms with Crippen molar-refractivity contribution >= 4 is 34.4 Å². The Morgan fingerprint density at radius 3 is 2.46 bits per heavy atom. The molecule has 12 heteroatoms. The van der Waals surface area contributed by atoms with Crippen molar-refractivity contribution in [2.24, 2.45) is 17.8 Å². The molecule has 0 saturated heterocycles. The van der Waals surface area contributed by atoms with Gasteiger partial charge in [-0.05, 0) is 114 Å². The third kappa shape index (κ3) is 8.20. The Balaban J connectivity index is 1.49. The standard InChI is InChI=1S/C36H47IN2O9/c1-45-27-6-7-30(46-2)24(16-27)8-10-39(33(42)19-25-13-21-4-5-23(25)12-21)29-17-26(36(44)38-9-11-40)18-31(34(29)43)48-35-28(37)14-22(20-41)15-32(35)47-3/h6-7,14-16,18,21,23,25,29,31,34,40-41,43H,4-5,8-13,17,19-20H2,1-3H3,(H,38,44). The molecule has 11 nitrogen and oxygen atoms in total. The van der Waals surface area contributed by atoms with E-state index in [-0.39, 0.29) is 38.6 Å². The van der Waals surface area contributed by atoms with Crippen molar-refractivity contribution < 1.29 is 43.9 Å². The van der Waals surface area contributed by atoms with Crippen LogP contribution in [0.3, 0.4) is 0 Å². The summed E-state index contributed by atoms with van der Waals surface area (Å²) < 4.78 is 23.7. The fourth-order valence-electron chi connectivity index (χ4n) is 7.66. The van der Waals surface area contributed by atoms with Gasteiger partial charge in [0.15, 0.2) is 11.5 Å². The number of methoxy groups -OCH3 is 3. The molecule has 0 aromatic heterocycles. The number of hydrogen-bond acceptors (Lipinski definition) is 9. The first-order valence-corrected chi connectivity index (χ1v) is 17.7. The molecule has 48 heavy (non-hydrogen) atoms. The lowest BCUT2D eigenvalue weighted by Gasteiger charge is -2.41. The Morgan fingerprint density at radius 2 is 1.81 bits per heavy atom. The molecule has 2 bridgehead atoms. The molecule has 3 aliphatic rings. The summed E-state index contributed by atoms with van der Waals surface area (Å²) in [7, 11) is 4.69. The zero-order valence-corrected chi connectivity index (χ0v) is 30.0. The average Bonchev–Trinajstić information content (AvgIpc) is 3.72. The van der Waals surface area contributed by atoms with Crippen LogP contribution in [0.15, 0.2) is 42.0 Å². The molecule has 5 rings (SSSR count). The Bertz CT molecular complexity index is 1480. The number of rotatable bonds is 15. The summed E-state index contributed by atoms with van der Waals surface area (Å²) >= 11 is 2.08. The van der Waals surface area contributed by atoms with Crippen LogP contribution in [0.25, 0.3) is 0 Å². The van der Waals surface area contributed by atoms with Crippen LogP contribution in [0.5, 0.6) is 23.0 Å². The Labute approximate surface area is 295 Å². The van der Waals surface area contributed by atoms with E-state index >= 15 is 0 Å². The summed E-state index contributed by atoms with van der Waals surface area (Å²) in [4.78, 5) is 29.5. The highest BCUT2D eigenvalue weighted by Crippen LogP contribution is 2.50. The third-order valence-corrected chi connectivity index (χ3v) is 10.9. The van der Waals surface area contributed by atoms with E-state index in [1.54, 1.807) is 37.3 Å². The van der Waals surface area contributed by atoms with E-state index in [0.29, 0.717) is 68.3 Å². The Kier molecular flexibility index (Phi) is 12.5. The van der Waals surface area contributed by atoms with Crippen LogP contribution < -0.4 is 24.3 Å². The molecule has 0 spiro atoms. The molecule has 2 aromatic carbocycles. The maximum absolute atomic E-state index is 14.4. The number of ether oxygens (including phenoxy) is 4. The molecule has 2 saturated carbocycles. The molecule has 0 radical (unpaired) electrons. The fraction of sp³-hybridized carbons (Fsp3) is 0.556. The van der Waals surface area contributed by atoms with Crippen LogP contribution in [0, 0.1) is 21.3 Å². The Morgan fingerprint density at radius 1 is 1.02 bits per heavy atom. The monoisotopic (exact) mass is 778 g/mol. The highest BCUT2D eigenvalue weighted by molar-refractivity contribution is 14.1. The maximum Gasteiger partial charge on any atom is 0.247 e. The molecule has 0 aliphatic heterocycles. The number of amides is 2. The topological polar surface area (TPSA) is 147 Å². The Hall–Kier alpha value is -3.07. The first-order chi connectivity index (χ1) is 23.2. The molecule has 6 atom stereocenters. The van der Waals surface area contributed by atoms with Gasteiger partial charge < -0.3 is 44.5 Å². The first-order valence-electron chi connectivity index (χ1n) is 16.6. The molecule has 6 unspecified atom stereocenters. The van der Waals surface area contributed by atoms with Crippen LogP contribution >= 0.6 is 22.6 Å². The van der Waals surface area contributed by atoms with Crippen LogP contribution in [0.4, 0.5) is 0 Å². The molecule has 3 aliphatic carbocycles. The van der Waals surface area contributed by atoms with Crippen LogP contribution in [-0.2, 0) is 22.6 Å². The minimum Gasteiger partial charge on any atom is -0.497 e. The van der Waals surface area contributed by atoms with E-state index < -0.39 is 24.2 Å². The third-order valence-electron chi connectivity index (χ3n) is 10.1. The van der Waals surface area contributed by atoms with Gasteiger partial charge in [-0.3, -0.25) is 9.59 Å². The number of nitrogens with zero attached hydrogens (tertiary/aromatic N) is 1. The minimum absolute atomic E-state index is 0.0613. The molecule has 0 heterocycles. The van der Waals surface area contributed by atoms with Gasteiger partial charge in [0.1, 0.15) is 23.7 Å². The second kappa shape index (κ2) is 16.6. The number of aliphatic hydroxyl groups excluding tert-OH is 3. The number of fused-ring (bicyclic) bond motifs is 2. The normalized spacial score (nSPS) is 24.5. The molecular weight excluding hydrogens is 731 g/mol. The number of hydrogen-bond donors (Lipinski definition) is 4. The highest BCUT2D eigenvalue weighted by atomic mass is 127. The van der Waals surface area contributed by atoms with Crippen molar-refractivity contribution in [2.75, 3.05) is 41.0 Å². The SMILES string of the molecule is COc1ccc(OC)c(CCN(C(=O)CC2CC3CCC2C3)C2CC(C(=O)NCCO)=CC(Oc3c(I)cc(CO)cc3OC)C2O)c1. The lowest BCUT2D eigenvalue weighted by molar-refractivity contribution is -0.140. The lowest BCUT2D eigenvalue weighted by atomic mass is 9.84. The van der Waals surface area contributed by atoms with Crippen LogP contribution in [-0.4, -0.2) is 91.3 Å². The number of carbonyl (C=O) groups is 2. The number of carbonyl (C=O) groups excluding carboxylic acids is 2. The largest absolute Gasteiger partial charge is 0.497 e. The number of aliphatic hydroxyl groups is 3. The predicted molar refractivity (Wildman–Crippen MR) is 187 cm³/mol. The van der Waals surface area contributed by atoms with E-state index in [4.69, 9.17) is 18.9 Å². The van der Waals surface area contributed by atoms with Gasteiger partial charge in [0.25, 0.3) is 0 Å². The van der Waals surface area contributed by atoms with E-state index in [0.717, 1.165) is 18.4 Å². The quantitative estimate of drug-likeness (QED) is 0.199. The highest BCUT2D eigenvalue weighted by Gasteiger charge is 2.44. The summed E-state index contributed by atoms with van der Waals surface area (Å²) in [6.45, 7) is -0.0806. The molecule has 262 valence electrons. The average molecular weight is 779 g/mol. The van der Waals surface area contributed by atoms with Crippen LogP contribution in [0.2, 0.25) is 0 Å². The zero-order valence-electron chi connectivity index (χ0n) is 27.8. The molecule has 4 N–H and O–H groups in total. The summed E-state index contributed by atoms with van der Waals surface area (Å²) in [5.41, 5.74) is 1.84. The smallest absolute Gasteiger partial charge is 0.247 e. The zero-order chi connectivity index (χ0) is 34.4. The summed E-state index contributed by atoms with van der Waals surface area (Å²) in [5, 5.41) is 33.8. The molecular formula is C36H47IN2O9. The molecule has 2 aromatic rings. The van der Waals surface area contributed by atoms with E-state index in [2.05, 4.69) is 27.9 Å². The summed E-state index contributed by atoms with van der Waals surface area (Å²) in [5.74, 6) is 3.12. The van der Waals surface area contributed by atoms with E-state index in [1.807, 2.05) is 18.2 Å². The van der Waals surface area contributed by atoms with Gasteiger partial charge in [-0.15, -0.1) is 0 Å². The van der Waals surface area contributed by atoms with Gasteiger partial charge in [0.05, 0.1) is 44.2 Å². The number of benzene rings is 2. The van der Waals surface area contributed by atoms with Gasteiger partial charge >= 0.3 is 0 Å². The lowest BCUT2D eigenvalue weighted by Crippen LogP contribution is -2.55. The van der Waals surface area contributed by atoms with Gasteiger partial charge in [-0.2, -0.15) is 0 Å². The van der Waals surface area contributed by atoms with Gasteiger partial charge in [0, 0.05) is 31.5 Å². The second-order valence-electron chi connectivity index (χ2n) is 12.9. The van der Waals surface area contributed by atoms with Crippen molar-refractivity contribution in [3.05, 3.63) is 56.7 Å². The molecule has 2 fully saturated rings. The van der Waals surface area contributed by atoms with Gasteiger partial charge in [0.2, 0.25) is 11.8 Å². The van der Waals surface area contributed by atoms with Crippen molar-refractivity contribution in [3.8, 4) is 23.0 Å². The number of halogens is 1. The van der Waals surface area contributed by atoms with Crippen molar-refractivity contribution in [2.45, 2.75) is 69.8 Å². The first kappa shape index (κ1) is 36.2. The van der Waals surface area contributed by atoms with Crippen molar-refractivity contribution in [1.82, 2.24) is 10.2 Å². The van der Waals surface area contributed by atoms with E-state index in [9.17, 15) is 24.9 Å². The van der Waals surface area contributed by atoms with Crippen molar-refractivity contribution in [1.29, 1.82) is 0 Å². The predicted octanol–water partition coefficient (Wildman–Crippen LogP) is 3.62. The molecule has 2 amide bonds. The number of nitrogens with one attached hydrogen (secondary N) is 1. The second-order valence-corrected chi connectivity index (χ2v) is 14.1.